The van der Waals surface area contributed by atoms with E-state index in [-0.39, 0.29) is 24.1 Å². The molecule has 6 nitrogen and oxygen atoms in total. The van der Waals surface area contributed by atoms with E-state index in [1.165, 1.54) is 12.0 Å². The van der Waals surface area contributed by atoms with Crippen LogP contribution in [-0.2, 0) is 9.59 Å². The normalized spacial score (nSPS) is 14.0. The van der Waals surface area contributed by atoms with Crippen LogP contribution in [0, 0.1) is 0 Å². The highest BCUT2D eigenvalue weighted by molar-refractivity contribution is 6.37. The van der Waals surface area contributed by atoms with Crippen LogP contribution in [0.2, 0.25) is 0 Å². The Morgan fingerprint density at radius 1 is 0.926 bits per heavy atom. The molecule has 0 radical (unpaired) electrons. The zero-order valence-corrected chi connectivity index (χ0v) is 15.6. The first-order chi connectivity index (χ1) is 13.1. The summed E-state index contributed by atoms with van der Waals surface area (Å²) in [7, 11) is 1.54. The van der Waals surface area contributed by atoms with Gasteiger partial charge < -0.3 is 14.8 Å². The number of likely N-dealkylation sites (N-methyl/N-ethyl adjacent to an activating group) is 1. The fourth-order valence-electron chi connectivity index (χ4n) is 3.07. The van der Waals surface area contributed by atoms with E-state index in [0.29, 0.717) is 34.9 Å². The number of amides is 2. The molecule has 1 heterocycles. The van der Waals surface area contributed by atoms with Gasteiger partial charge in [-0.05, 0) is 32.0 Å². The highest BCUT2D eigenvalue weighted by Gasteiger charge is 2.39. The summed E-state index contributed by atoms with van der Waals surface area (Å²) in [5.74, 6) is 0.434. The predicted octanol–water partition coefficient (Wildman–Crippen LogP) is 3.31. The summed E-state index contributed by atoms with van der Waals surface area (Å²) in [6.45, 7) is 4.44. The van der Waals surface area contributed by atoms with E-state index >= 15 is 0 Å². The zero-order chi connectivity index (χ0) is 19.4. The minimum Gasteiger partial charge on any atom is -0.496 e. The van der Waals surface area contributed by atoms with Crippen LogP contribution < -0.4 is 14.8 Å². The van der Waals surface area contributed by atoms with Crippen LogP contribution >= 0.6 is 0 Å². The Hall–Kier alpha value is -3.28. The van der Waals surface area contributed by atoms with Gasteiger partial charge in [0.25, 0.3) is 11.8 Å². The van der Waals surface area contributed by atoms with Crippen molar-refractivity contribution in [1.82, 2.24) is 4.90 Å². The maximum absolute atomic E-state index is 12.9. The highest BCUT2D eigenvalue weighted by atomic mass is 16.5. The van der Waals surface area contributed by atoms with Crippen molar-refractivity contribution in [1.29, 1.82) is 0 Å². The van der Waals surface area contributed by atoms with E-state index in [1.807, 2.05) is 43.3 Å². The molecule has 0 bridgehead atoms. The number of nitrogens with zero attached hydrogens (tertiary/aromatic N) is 1. The van der Waals surface area contributed by atoms with Crippen LogP contribution in [0.25, 0.3) is 5.57 Å². The second-order valence-electron chi connectivity index (χ2n) is 5.86. The fourth-order valence-corrected chi connectivity index (χ4v) is 3.07. The number of methoxy groups -OCH3 is 1. The van der Waals surface area contributed by atoms with E-state index in [1.54, 1.807) is 19.1 Å². The van der Waals surface area contributed by atoms with E-state index < -0.39 is 0 Å². The van der Waals surface area contributed by atoms with Gasteiger partial charge in [-0.1, -0.05) is 30.3 Å². The number of hydrogen-bond donors (Lipinski definition) is 1. The molecule has 0 atom stereocenters. The molecule has 2 aromatic carbocycles. The number of anilines is 1. The summed E-state index contributed by atoms with van der Waals surface area (Å²) in [6, 6.07) is 14.5. The smallest absolute Gasteiger partial charge is 0.278 e. The molecule has 0 spiro atoms. The summed E-state index contributed by atoms with van der Waals surface area (Å²) < 4.78 is 11.0. The van der Waals surface area contributed by atoms with Crippen molar-refractivity contribution in [3.05, 3.63) is 59.8 Å². The van der Waals surface area contributed by atoms with Gasteiger partial charge in [0.15, 0.2) is 0 Å². The molecule has 0 saturated carbocycles. The molecule has 1 aliphatic heterocycles. The third kappa shape index (κ3) is 3.38. The van der Waals surface area contributed by atoms with E-state index in [4.69, 9.17) is 9.47 Å². The van der Waals surface area contributed by atoms with Gasteiger partial charge in [-0.2, -0.15) is 0 Å². The summed E-state index contributed by atoms with van der Waals surface area (Å²) in [4.78, 5) is 27.1. The molecule has 6 heteroatoms. The molecule has 3 rings (SSSR count). The number of carbonyl (C=O) groups excluding carboxylic acids is 2. The molecular weight excluding hydrogens is 344 g/mol. The third-order valence-electron chi connectivity index (χ3n) is 4.31. The van der Waals surface area contributed by atoms with Crippen LogP contribution in [-0.4, -0.2) is 37.0 Å². The Labute approximate surface area is 158 Å². The topological polar surface area (TPSA) is 67.9 Å². The minimum atomic E-state index is -0.366. The summed E-state index contributed by atoms with van der Waals surface area (Å²) in [6.07, 6.45) is 0. The average molecular weight is 366 g/mol. The first-order valence-electron chi connectivity index (χ1n) is 8.85. The number of ether oxygens (including phenoxy) is 2. The van der Waals surface area contributed by atoms with Crippen molar-refractivity contribution in [2.75, 3.05) is 25.6 Å². The van der Waals surface area contributed by atoms with E-state index in [0.717, 1.165) is 0 Å². The van der Waals surface area contributed by atoms with Gasteiger partial charge in [-0.3, -0.25) is 14.5 Å². The molecule has 140 valence electrons. The lowest BCUT2D eigenvalue weighted by atomic mass is 10.0. The molecule has 1 aliphatic rings. The molecule has 2 amide bonds. The van der Waals surface area contributed by atoms with E-state index in [9.17, 15) is 9.59 Å². The van der Waals surface area contributed by atoms with Gasteiger partial charge in [0.05, 0.1) is 25.0 Å². The summed E-state index contributed by atoms with van der Waals surface area (Å²) in [5, 5.41) is 3.13. The van der Waals surface area contributed by atoms with Crippen LogP contribution in [0.15, 0.2) is 54.2 Å². The first kappa shape index (κ1) is 18.5. The molecule has 0 unspecified atom stereocenters. The maximum atomic E-state index is 12.9. The quantitative estimate of drug-likeness (QED) is 0.762. The Morgan fingerprint density at radius 2 is 1.59 bits per heavy atom. The summed E-state index contributed by atoms with van der Waals surface area (Å²) in [5.41, 5.74) is 1.72. The molecular formula is C21H22N2O4. The van der Waals surface area contributed by atoms with Gasteiger partial charge in [0.2, 0.25) is 0 Å². The van der Waals surface area contributed by atoms with Crippen molar-refractivity contribution in [3.8, 4) is 11.5 Å². The van der Waals surface area contributed by atoms with Gasteiger partial charge in [-0.25, -0.2) is 0 Å². The maximum Gasteiger partial charge on any atom is 0.278 e. The fraction of sp³-hybridized carbons (Fsp3) is 0.238. The van der Waals surface area contributed by atoms with Crippen LogP contribution in [0.3, 0.4) is 0 Å². The number of para-hydroxylation sites is 3. The lowest BCUT2D eigenvalue weighted by molar-refractivity contribution is -0.136. The van der Waals surface area contributed by atoms with Gasteiger partial charge in [0, 0.05) is 12.1 Å². The second-order valence-corrected chi connectivity index (χ2v) is 5.86. The number of nitrogens with one attached hydrogen (secondary N) is 1. The predicted molar refractivity (Wildman–Crippen MR) is 104 cm³/mol. The average Bonchev–Trinajstić information content (AvgIpc) is 2.92. The number of benzene rings is 2. The Bertz CT molecular complexity index is 905. The molecule has 2 aromatic rings. The number of carbonyl (C=O) groups is 2. The monoisotopic (exact) mass is 366 g/mol. The molecule has 27 heavy (non-hydrogen) atoms. The van der Waals surface area contributed by atoms with Crippen molar-refractivity contribution in [3.63, 3.8) is 0 Å². The van der Waals surface area contributed by atoms with Gasteiger partial charge >= 0.3 is 0 Å². The van der Waals surface area contributed by atoms with Crippen molar-refractivity contribution in [2.45, 2.75) is 13.8 Å². The van der Waals surface area contributed by atoms with Gasteiger partial charge in [0.1, 0.15) is 17.2 Å². The largest absolute Gasteiger partial charge is 0.496 e. The summed E-state index contributed by atoms with van der Waals surface area (Å²) >= 11 is 0. The van der Waals surface area contributed by atoms with Gasteiger partial charge in [-0.15, -0.1) is 0 Å². The van der Waals surface area contributed by atoms with Crippen LogP contribution in [0.1, 0.15) is 19.4 Å². The number of rotatable bonds is 7. The second kappa shape index (κ2) is 7.95. The minimum absolute atomic E-state index is 0.221. The number of imide groups is 1. The molecule has 0 saturated heterocycles. The van der Waals surface area contributed by atoms with Crippen molar-refractivity contribution >= 4 is 23.1 Å². The van der Waals surface area contributed by atoms with Crippen molar-refractivity contribution in [2.24, 2.45) is 0 Å². The third-order valence-corrected chi connectivity index (χ3v) is 4.31. The SMILES string of the molecule is CCOc1ccccc1NC1=C(c2ccccc2OC)C(=O)N(CC)C1=O. The van der Waals surface area contributed by atoms with Crippen molar-refractivity contribution < 1.29 is 19.1 Å². The molecule has 1 N–H and O–H groups in total. The number of hydrogen-bond acceptors (Lipinski definition) is 5. The zero-order valence-electron chi connectivity index (χ0n) is 15.6. The lowest BCUT2D eigenvalue weighted by Crippen LogP contribution is -2.32. The Kier molecular flexibility index (Phi) is 5.45. The van der Waals surface area contributed by atoms with Crippen LogP contribution in [0.5, 0.6) is 11.5 Å². The lowest BCUT2D eigenvalue weighted by Gasteiger charge is -2.14. The molecule has 0 aromatic heterocycles. The highest BCUT2D eigenvalue weighted by Crippen LogP contribution is 2.36. The standard InChI is InChI=1S/C21H22N2O4/c1-4-23-20(24)18(14-10-6-8-12-16(14)26-3)19(21(23)25)22-15-11-7-9-13-17(15)27-5-2/h6-13,22H,4-5H2,1-3H3. The Morgan fingerprint density at radius 3 is 2.26 bits per heavy atom. The van der Waals surface area contributed by atoms with Crippen LogP contribution in [0.4, 0.5) is 5.69 Å². The Balaban J connectivity index is 2.14. The molecule has 0 fully saturated rings. The first-order valence-corrected chi connectivity index (χ1v) is 8.85. The van der Waals surface area contributed by atoms with E-state index in [2.05, 4.69) is 5.32 Å². The molecule has 0 aliphatic carbocycles.